The summed E-state index contributed by atoms with van der Waals surface area (Å²) >= 11 is 0. The van der Waals surface area contributed by atoms with E-state index in [4.69, 9.17) is 19.4 Å². The van der Waals surface area contributed by atoms with Crippen LogP contribution in [0.5, 0.6) is 11.6 Å². The number of nitrogens with one attached hydrogen (secondary N) is 1. The first kappa shape index (κ1) is 25.6. The molecule has 1 N–H and O–H groups in total. The van der Waals surface area contributed by atoms with Crippen molar-refractivity contribution in [3.63, 3.8) is 0 Å². The minimum absolute atomic E-state index is 0.0633. The van der Waals surface area contributed by atoms with Crippen LogP contribution < -0.4 is 24.6 Å². The lowest BCUT2D eigenvalue weighted by Crippen LogP contribution is -2.60. The van der Waals surface area contributed by atoms with Gasteiger partial charge in [0, 0.05) is 37.1 Å². The van der Waals surface area contributed by atoms with E-state index in [1.165, 1.54) is 11.3 Å². The minimum atomic E-state index is -0.121. The molecule has 1 aliphatic heterocycles. The zero-order chi connectivity index (χ0) is 26.1. The van der Waals surface area contributed by atoms with E-state index in [-0.39, 0.29) is 11.0 Å². The molecule has 0 amide bonds. The summed E-state index contributed by atoms with van der Waals surface area (Å²) in [5.41, 5.74) is 4.60. The summed E-state index contributed by atoms with van der Waals surface area (Å²) in [7, 11) is 3.34. The Hall–Kier alpha value is -3.48. The fourth-order valence-electron chi connectivity index (χ4n) is 4.65. The molecule has 4 rings (SSSR count). The second kappa shape index (κ2) is 9.88. The molecule has 2 aromatic carbocycles. The van der Waals surface area contributed by atoms with Crippen LogP contribution in [0.15, 0.2) is 48.5 Å². The summed E-state index contributed by atoms with van der Waals surface area (Å²) in [6.45, 7) is 15.7. The molecule has 3 aromatic rings. The molecule has 1 aliphatic rings. The Balaban J connectivity index is 1.58. The number of ether oxygens (including phenoxy) is 2. The third-order valence-electron chi connectivity index (χ3n) is 6.84. The molecular formula is C29H39N5O2. The lowest BCUT2D eigenvalue weighted by Gasteiger charge is -2.48. The molecule has 1 aromatic heterocycles. The maximum Gasteiger partial charge on any atom is 0.230 e. The molecular weight excluding hydrogens is 450 g/mol. The molecule has 1 saturated heterocycles. The fraction of sp³-hybridized carbons (Fsp3) is 0.448. The molecule has 7 heteroatoms. The standard InChI is InChI=1S/C29H39N5O2/c1-20-9-10-21(28(2,3)4)17-24(20)30-25-18-26(36-8)32-27(31-25)33-15-16-34(29(5,6)19-33)22-11-13-23(35-7)14-12-22/h9-14,17-18H,15-16,19H2,1-8H3,(H,30,31,32). The van der Waals surface area contributed by atoms with Crippen LogP contribution in [-0.4, -0.2) is 49.4 Å². The lowest BCUT2D eigenvalue weighted by atomic mass is 9.86. The maximum atomic E-state index is 5.56. The predicted octanol–water partition coefficient (Wildman–Crippen LogP) is 5.95. The molecule has 0 aliphatic carbocycles. The van der Waals surface area contributed by atoms with Crippen LogP contribution in [0.4, 0.5) is 23.1 Å². The third-order valence-corrected chi connectivity index (χ3v) is 6.84. The SMILES string of the molecule is COc1ccc(N2CCN(c3nc(Nc4cc(C(C)(C)C)ccc4C)cc(OC)n3)CC2(C)C)cc1. The van der Waals surface area contributed by atoms with Crippen molar-refractivity contribution in [1.82, 2.24) is 9.97 Å². The smallest absolute Gasteiger partial charge is 0.230 e. The highest BCUT2D eigenvalue weighted by Crippen LogP contribution is 2.33. The van der Waals surface area contributed by atoms with Crippen LogP contribution in [0, 0.1) is 6.92 Å². The van der Waals surface area contributed by atoms with Crippen LogP contribution in [0.1, 0.15) is 45.7 Å². The molecule has 0 unspecified atom stereocenters. The molecule has 2 heterocycles. The first-order valence-corrected chi connectivity index (χ1v) is 12.5. The van der Waals surface area contributed by atoms with Gasteiger partial charge < -0.3 is 24.6 Å². The zero-order valence-electron chi connectivity index (χ0n) is 22.8. The first-order valence-electron chi connectivity index (χ1n) is 12.5. The van der Waals surface area contributed by atoms with Crippen molar-refractivity contribution in [1.29, 1.82) is 0 Å². The lowest BCUT2D eigenvalue weighted by molar-refractivity contribution is 0.390. The van der Waals surface area contributed by atoms with Gasteiger partial charge in [-0.25, -0.2) is 0 Å². The molecule has 192 valence electrons. The largest absolute Gasteiger partial charge is 0.497 e. The van der Waals surface area contributed by atoms with Crippen molar-refractivity contribution >= 4 is 23.1 Å². The predicted molar refractivity (Wildman–Crippen MR) is 148 cm³/mol. The number of rotatable bonds is 6. The topological polar surface area (TPSA) is 62.8 Å². The number of aromatic nitrogens is 2. The van der Waals surface area contributed by atoms with Gasteiger partial charge in [-0.1, -0.05) is 32.9 Å². The van der Waals surface area contributed by atoms with Crippen molar-refractivity contribution in [2.24, 2.45) is 0 Å². The average Bonchev–Trinajstić information content (AvgIpc) is 2.84. The Bertz CT molecular complexity index is 1200. The van der Waals surface area contributed by atoms with Crippen LogP contribution in [0.3, 0.4) is 0 Å². The van der Waals surface area contributed by atoms with Crippen LogP contribution in [0.2, 0.25) is 0 Å². The number of piperazine rings is 1. The van der Waals surface area contributed by atoms with Crippen molar-refractivity contribution in [2.45, 2.75) is 52.5 Å². The number of aryl methyl sites for hydroxylation is 1. The Kier molecular flexibility index (Phi) is 7.03. The maximum absolute atomic E-state index is 5.56. The molecule has 0 bridgehead atoms. The number of hydrogen-bond donors (Lipinski definition) is 1. The van der Waals surface area contributed by atoms with E-state index in [1.54, 1.807) is 14.2 Å². The van der Waals surface area contributed by atoms with Crippen LogP contribution >= 0.6 is 0 Å². The van der Waals surface area contributed by atoms with Crippen LogP contribution in [0.25, 0.3) is 0 Å². The fourth-order valence-corrected chi connectivity index (χ4v) is 4.65. The number of benzene rings is 2. The minimum Gasteiger partial charge on any atom is -0.497 e. The summed E-state index contributed by atoms with van der Waals surface area (Å²) in [4.78, 5) is 14.3. The van der Waals surface area contributed by atoms with Gasteiger partial charge in [0.2, 0.25) is 11.8 Å². The van der Waals surface area contributed by atoms with Crippen molar-refractivity contribution in [3.05, 3.63) is 59.7 Å². The molecule has 0 saturated carbocycles. The van der Waals surface area contributed by atoms with Gasteiger partial charge >= 0.3 is 0 Å². The average molecular weight is 490 g/mol. The summed E-state index contributed by atoms with van der Waals surface area (Å²) in [6, 6.07) is 16.7. The van der Waals surface area contributed by atoms with E-state index < -0.39 is 0 Å². The number of anilines is 4. The second-order valence-electron chi connectivity index (χ2n) is 11.1. The Morgan fingerprint density at radius 1 is 0.917 bits per heavy atom. The summed E-state index contributed by atoms with van der Waals surface area (Å²) in [5.74, 6) is 2.80. The van der Waals surface area contributed by atoms with Crippen molar-refractivity contribution < 1.29 is 9.47 Å². The molecule has 36 heavy (non-hydrogen) atoms. The highest BCUT2D eigenvalue weighted by atomic mass is 16.5. The van der Waals surface area contributed by atoms with Crippen molar-refractivity contribution in [3.8, 4) is 11.6 Å². The van der Waals surface area contributed by atoms with E-state index in [1.807, 2.05) is 18.2 Å². The van der Waals surface area contributed by atoms with Gasteiger partial charge in [-0.05, 0) is 67.6 Å². The van der Waals surface area contributed by atoms with Gasteiger partial charge in [-0.2, -0.15) is 9.97 Å². The summed E-state index contributed by atoms with van der Waals surface area (Å²) in [6.07, 6.45) is 0. The van der Waals surface area contributed by atoms with Gasteiger partial charge in [0.1, 0.15) is 11.6 Å². The van der Waals surface area contributed by atoms with Gasteiger partial charge in [-0.15, -0.1) is 0 Å². The highest BCUT2D eigenvalue weighted by molar-refractivity contribution is 5.64. The van der Waals surface area contributed by atoms with Crippen LogP contribution in [-0.2, 0) is 5.41 Å². The quantitative estimate of drug-likeness (QED) is 0.459. The molecule has 1 fully saturated rings. The second-order valence-corrected chi connectivity index (χ2v) is 11.1. The van der Waals surface area contributed by atoms with Gasteiger partial charge in [-0.3, -0.25) is 0 Å². The Morgan fingerprint density at radius 2 is 1.64 bits per heavy atom. The number of nitrogens with zero attached hydrogens (tertiary/aromatic N) is 4. The van der Waals surface area contributed by atoms with Crippen molar-refractivity contribution in [2.75, 3.05) is 49.0 Å². The molecule has 7 nitrogen and oxygen atoms in total. The van der Waals surface area contributed by atoms with Gasteiger partial charge in [0.25, 0.3) is 0 Å². The summed E-state index contributed by atoms with van der Waals surface area (Å²) in [5, 5.41) is 3.53. The highest BCUT2D eigenvalue weighted by Gasteiger charge is 2.35. The Morgan fingerprint density at radius 3 is 2.25 bits per heavy atom. The number of methoxy groups -OCH3 is 2. The number of hydrogen-bond acceptors (Lipinski definition) is 7. The van der Waals surface area contributed by atoms with E-state index >= 15 is 0 Å². The zero-order valence-corrected chi connectivity index (χ0v) is 22.8. The van der Waals surface area contributed by atoms with E-state index in [0.717, 1.165) is 42.5 Å². The molecule has 0 atom stereocenters. The monoisotopic (exact) mass is 489 g/mol. The normalized spacial score (nSPS) is 15.6. The molecule has 0 spiro atoms. The van der Waals surface area contributed by atoms with Gasteiger partial charge in [0.15, 0.2) is 0 Å². The van der Waals surface area contributed by atoms with E-state index in [2.05, 4.69) is 87.0 Å². The van der Waals surface area contributed by atoms with E-state index in [0.29, 0.717) is 11.8 Å². The molecule has 0 radical (unpaired) electrons. The van der Waals surface area contributed by atoms with E-state index in [9.17, 15) is 0 Å². The summed E-state index contributed by atoms with van der Waals surface area (Å²) < 4.78 is 10.9. The Labute approximate surface area is 215 Å². The third kappa shape index (κ3) is 5.50. The van der Waals surface area contributed by atoms with Gasteiger partial charge in [0.05, 0.1) is 19.8 Å². The first-order chi connectivity index (χ1) is 17.0.